The summed E-state index contributed by atoms with van der Waals surface area (Å²) in [5.41, 5.74) is 2.04. The Morgan fingerprint density at radius 3 is 2.44 bits per heavy atom. The van der Waals surface area contributed by atoms with E-state index in [2.05, 4.69) is 33.9 Å². The highest BCUT2D eigenvalue weighted by Gasteiger charge is 2.39. The van der Waals surface area contributed by atoms with Crippen LogP contribution in [-0.4, -0.2) is 14.1 Å². The van der Waals surface area contributed by atoms with E-state index in [0.717, 1.165) is 17.7 Å². The molecule has 0 amide bonds. The standard InChI is InChI=1S/C15H22O2Si/c1-15(2,3)18(4,5)17-12-8-6-11-7-9-14(16)13(11)10-12/h6,8,10H,7,9H2,1-5H3. The quantitative estimate of drug-likeness (QED) is 0.747. The maximum absolute atomic E-state index is 11.7. The van der Waals surface area contributed by atoms with Crippen LogP contribution in [0.25, 0.3) is 0 Å². The SMILES string of the molecule is CC(C)(C)[Si](C)(C)Oc1ccc2c(c1)C(=O)CC2. The van der Waals surface area contributed by atoms with Crippen molar-refractivity contribution >= 4 is 14.1 Å². The van der Waals surface area contributed by atoms with E-state index in [9.17, 15) is 4.79 Å². The molecule has 0 aliphatic heterocycles. The van der Waals surface area contributed by atoms with Crippen molar-refractivity contribution in [2.45, 2.75) is 51.7 Å². The normalized spacial score (nSPS) is 15.7. The molecule has 2 nitrogen and oxygen atoms in total. The van der Waals surface area contributed by atoms with E-state index in [1.807, 2.05) is 18.2 Å². The number of hydrogen-bond acceptors (Lipinski definition) is 2. The molecular weight excluding hydrogens is 240 g/mol. The Morgan fingerprint density at radius 1 is 1.17 bits per heavy atom. The van der Waals surface area contributed by atoms with Gasteiger partial charge < -0.3 is 4.43 Å². The third-order valence-electron chi connectivity index (χ3n) is 4.18. The monoisotopic (exact) mass is 262 g/mol. The first-order valence-corrected chi connectivity index (χ1v) is 9.47. The molecule has 0 unspecified atom stereocenters. The molecule has 1 aromatic rings. The van der Waals surface area contributed by atoms with Crippen LogP contribution in [0.2, 0.25) is 18.1 Å². The summed E-state index contributed by atoms with van der Waals surface area (Å²) in [4.78, 5) is 11.7. The first-order chi connectivity index (χ1) is 8.21. The van der Waals surface area contributed by atoms with Crippen LogP contribution in [0.5, 0.6) is 5.75 Å². The van der Waals surface area contributed by atoms with Crippen LogP contribution in [0.15, 0.2) is 18.2 Å². The van der Waals surface area contributed by atoms with Crippen LogP contribution in [-0.2, 0) is 6.42 Å². The lowest BCUT2D eigenvalue weighted by Crippen LogP contribution is -2.43. The molecule has 0 heterocycles. The predicted octanol–water partition coefficient (Wildman–Crippen LogP) is 4.20. The van der Waals surface area contributed by atoms with Gasteiger partial charge in [-0.05, 0) is 42.2 Å². The number of aryl methyl sites for hydroxylation is 1. The molecule has 0 radical (unpaired) electrons. The molecule has 1 aliphatic rings. The minimum absolute atomic E-state index is 0.177. The molecule has 0 aromatic heterocycles. The summed E-state index contributed by atoms with van der Waals surface area (Å²) in [7, 11) is -1.81. The molecule has 3 heteroatoms. The number of carbonyl (C=O) groups excluding carboxylic acids is 1. The van der Waals surface area contributed by atoms with Crippen LogP contribution in [0.3, 0.4) is 0 Å². The second-order valence-electron chi connectivity index (χ2n) is 6.60. The van der Waals surface area contributed by atoms with Crippen LogP contribution in [0.1, 0.15) is 43.1 Å². The summed E-state index contributed by atoms with van der Waals surface area (Å²) >= 11 is 0. The fourth-order valence-electron chi connectivity index (χ4n) is 1.93. The molecular formula is C15H22O2Si. The summed E-state index contributed by atoms with van der Waals surface area (Å²) in [5, 5.41) is 0.177. The van der Waals surface area contributed by atoms with Gasteiger partial charge >= 0.3 is 0 Å². The van der Waals surface area contributed by atoms with Gasteiger partial charge in [0.25, 0.3) is 0 Å². The zero-order chi connectivity index (χ0) is 13.6. The highest BCUT2D eigenvalue weighted by Crippen LogP contribution is 2.38. The van der Waals surface area contributed by atoms with E-state index in [-0.39, 0.29) is 10.8 Å². The van der Waals surface area contributed by atoms with Crippen molar-refractivity contribution in [3.63, 3.8) is 0 Å². The average Bonchev–Trinajstić information content (AvgIpc) is 2.58. The van der Waals surface area contributed by atoms with Gasteiger partial charge in [0.15, 0.2) is 5.78 Å². The molecule has 98 valence electrons. The van der Waals surface area contributed by atoms with Crippen LogP contribution >= 0.6 is 0 Å². The van der Waals surface area contributed by atoms with Crippen molar-refractivity contribution in [2.24, 2.45) is 0 Å². The molecule has 2 rings (SSSR count). The van der Waals surface area contributed by atoms with Crippen molar-refractivity contribution in [3.8, 4) is 5.75 Å². The summed E-state index contributed by atoms with van der Waals surface area (Å²) in [5.74, 6) is 1.11. The van der Waals surface area contributed by atoms with E-state index in [1.165, 1.54) is 5.56 Å². The number of benzene rings is 1. The van der Waals surface area contributed by atoms with E-state index in [4.69, 9.17) is 4.43 Å². The van der Waals surface area contributed by atoms with Crippen molar-refractivity contribution in [3.05, 3.63) is 29.3 Å². The topological polar surface area (TPSA) is 26.3 Å². The maximum atomic E-state index is 11.7. The molecule has 0 saturated heterocycles. The molecule has 0 spiro atoms. The molecule has 0 fully saturated rings. The number of hydrogen-bond donors (Lipinski definition) is 0. The molecule has 1 aromatic carbocycles. The Morgan fingerprint density at radius 2 is 1.83 bits per heavy atom. The largest absolute Gasteiger partial charge is 0.543 e. The number of carbonyl (C=O) groups is 1. The Hall–Kier alpha value is -1.09. The molecule has 0 saturated carbocycles. The van der Waals surface area contributed by atoms with Crippen LogP contribution in [0, 0.1) is 0 Å². The Balaban J connectivity index is 2.27. The molecule has 0 bridgehead atoms. The van der Waals surface area contributed by atoms with E-state index in [1.54, 1.807) is 0 Å². The van der Waals surface area contributed by atoms with Gasteiger partial charge in [-0.25, -0.2) is 0 Å². The highest BCUT2D eigenvalue weighted by molar-refractivity contribution is 6.74. The Labute approximate surface area is 110 Å². The third kappa shape index (κ3) is 2.37. The number of ketones is 1. The summed E-state index contributed by atoms with van der Waals surface area (Å²) < 4.78 is 6.23. The minimum atomic E-state index is -1.81. The molecule has 18 heavy (non-hydrogen) atoms. The lowest BCUT2D eigenvalue weighted by Gasteiger charge is -2.36. The van der Waals surface area contributed by atoms with Gasteiger partial charge in [0.1, 0.15) is 5.75 Å². The van der Waals surface area contributed by atoms with Gasteiger partial charge in [0.05, 0.1) is 0 Å². The Bertz CT molecular complexity index is 484. The van der Waals surface area contributed by atoms with Crippen molar-refractivity contribution in [1.29, 1.82) is 0 Å². The Kier molecular flexibility index (Phi) is 3.14. The van der Waals surface area contributed by atoms with E-state index in [0.29, 0.717) is 6.42 Å². The summed E-state index contributed by atoms with van der Waals surface area (Å²) in [6, 6.07) is 5.99. The van der Waals surface area contributed by atoms with Crippen molar-refractivity contribution in [2.75, 3.05) is 0 Å². The average molecular weight is 262 g/mol. The van der Waals surface area contributed by atoms with Gasteiger partial charge in [0, 0.05) is 12.0 Å². The van der Waals surface area contributed by atoms with Crippen molar-refractivity contribution < 1.29 is 9.22 Å². The predicted molar refractivity (Wildman–Crippen MR) is 76.9 cm³/mol. The molecule has 0 N–H and O–H groups in total. The van der Waals surface area contributed by atoms with Crippen LogP contribution < -0.4 is 4.43 Å². The fraction of sp³-hybridized carbons (Fsp3) is 0.533. The smallest absolute Gasteiger partial charge is 0.250 e. The maximum Gasteiger partial charge on any atom is 0.250 e. The summed E-state index contributed by atoms with van der Waals surface area (Å²) in [6.07, 6.45) is 1.54. The van der Waals surface area contributed by atoms with Crippen molar-refractivity contribution in [1.82, 2.24) is 0 Å². The van der Waals surface area contributed by atoms with Gasteiger partial charge in [0.2, 0.25) is 8.32 Å². The number of Topliss-reactive ketones (excluding diaryl/α,β-unsaturated/α-hetero) is 1. The number of fused-ring (bicyclic) bond motifs is 1. The lowest BCUT2D eigenvalue weighted by atomic mass is 10.1. The zero-order valence-corrected chi connectivity index (χ0v) is 13.0. The van der Waals surface area contributed by atoms with Gasteiger partial charge in [-0.2, -0.15) is 0 Å². The van der Waals surface area contributed by atoms with Gasteiger partial charge in [-0.15, -0.1) is 0 Å². The molecule has 1 aliphatic carbocycles. The molecule has 0 atom stereocenters. The summed E-state index contributed by atoms with van der Waals surface area (Å²) in [6.45, 7) is 11.1. The van der Waals surface area contributed by atoms with E-state index >= 15 is 0 Å². The van der Waals surface area contributed by atoms with E-state index < -0.39 is 8.32 Å². The third-order valence-corrected chi connectivity index (χ3v) is 8.54. The highest BCUT2D eigenvalue weighted by atomic mass is 28.4. The zero-order valence-electron chi connectivity index (χ0n) is 12.0. The van der Waals surface area contributed by atoms with Crippen LogP contribution in [0.4, 0.5) is 0 Å². The second kappa shape index (κ2) is 4.23. The number of rotatable bonds is 2. The first-order valence-electron chi connectivity index (χ1n) is 6.56. The second-order valence-corrected chi connectivity index (χ2v) is 11.3. The fourth-order valence-corrected chi connectivity index (χ4v) is 2.95. The minimum Gasteiger partial charge on any atom is -0.543 e. The van der Waals surface area contributed by atoms with Gasteiger partial charge in [-0.3, -0.25) is 4.79 Å². The lowest BCUT2D eigenvalue weighted by molar-refractivity contribution is 0.0994. The van der Waals surface area contributed by atoms with Gasteiger partial charge in [-0.1, -0.05) is 26.8 Å². The first kappa shape index (κ1) is 13.3.